The summed E-state index contributed by atoms with van der Waals surface area (Å²) in [5, 5.41) is 0. The number of hydrogen-bond donors (Lipinski definition) is 1. The molecule has 0 atom stereocenters. The first kappa shape index (κ1) is 14.9. The van der Waals surface area contributed by atoms with Crippen LogP contribution in [0.25, 0.3) is 0 Å². The van der Waals surface area contributed by atoms with Gasteiger partial charge in [-0.3, -0.25) is 4.72 Å². The SMILES string of the molecule is COc1ccc(OC)c(NS(=O)(=O)N2CCCCC2)c1. The second kappa shape index (κ2) is 6.32. The molecule has 1 aliphatic heterocycles. The van der Waals surface area contributed by atoms with Gasteiger partial charge in [0.25, 0.3) is 0 Å². The first-order valence-corrected chi connectivity index (χ1v) is 8.01. The molecule has 0 aliphatic carbocycles. The van der Waals surface area contributed by atoms with Crippen molar-refractivity contribution in [3.05, 3.63) is 18.2 Å². The molecule has 0 unspecified atom stereocenters. The van der Waals surface area contributed by atoms with E-state index in [1.165, 1.54) is 18.5 Å². The van der Waals surface area contributed by atoms with Crippen LogP contribution in [-0.4, -0.2) is 40.0 Å². The fraction of sp³-hybridized carbons (Fsp3) is 0.538. The van der Waals surface area contributed by atoms with Gasteiger partial charge in [-0.1, -0.05) is 6.42 Å². The van der Waals surface area contributed by atoms with E-state index in [9.17, 15) is 8.42 Å². The van der Waals surface area contributed by atoms with Gasteiger partial charge in [-0.05, 0) is 25.0 Å². The predicted molar refractivity (Wildman–Crippen MR) is 77.5 cm³/mol. The van der Waals surface area contributed by atoms with Crippen molar-refractivity contribution in [1.82, 2.24) is 4.31 Å². The van der Waals surface area contributed by atoms with Gasteiger partial charge >= 0.3 is 10.2 Å². The lowest BCUT2D eigenvalue weighted by Gasteiger charge is -2.26. The minimum atomic E-state index is -3.55. The van der Waals surface area contributed by atoms with Crippen LogP contribution in [0.2, 0.25) is 0 Å². The van der Waals surface area contributed by atoms with Gasteiger partial charge < -0.3 is 9.47 Å². The Labute approximate surface area is 119 Å². The quantitative estimate of drug-likeness (QED) is 0.901. The number of piperidine rings is 1. The second-order valence-electron chi connectivity index (χ2n) is 4.63. The molecule has 20 heavy (non-hydrogen) atoms. The van der Waals surface area contributed by atoms with Gasteiger partial charge in [0.05, 0.1) is 19.9 Å². The Morgan fingerprint density at radius 2 is 1.80 bits per heavy atom. The Kier molecular flexibility index (Phi) is 4.72. The number of hydrogen-bond acceptors (Lipinski definition) is 4. The summed E-state index contributed by atoms with van der Waals surface area (Å²) in [7, 11) is -0.513. The largest absolute Gasteiger partial charge is 0.497 e. The summed E-state index contributed by atoms with van der Waals surface area (Å²) in [5.41, 5.74) is 0.387. The van der Waals surface area contributed by atoms with Crippen molar-refractivity contribution in [3.8, 4) is 11.5 Å². The Morgan fingerprint density at radius 3 is 2.40 bits per heavy atom. The third-order valence-electron chi connectivity index (χ3n) is 3.30. The highest BCUT2D eigenvalue weighted by atomic mass is 32.2. The normalized spacial score (nSPS) is 16.7. The Hall–Kier alpha value is -1.47. The molecule has 0 bridgehead atoms. The summed E-state index contributed by atoms with van der Waals surface area (Å²) >= 11 is 0. The van der Waals surface area contributed by atoms with E-state index in [-0.39, 0.29) is 0 Å². The van der Waals surface area contributed by atoms with Crippen molar-refractivity contribution in [1.29, 1.82) is 0 Å². The number of anilines is 1. The molecule has 1 saturated heterocycles. The Morgan fingerprint density at radius 1 is 1.10 bits per heavy atom. The molecule has 6 nitrogen and oxygen atoms in total. The molecule has 0 aromatic heterocycles. The smallest absolute Gasteiger partial charge is 0.301 e. The molecule has 112 valence electrons. The first-order chi connectivity index (χ1) is 9.56. The maximum Gasteiger partial charge on any atom is 0.301 e. The standard InChI is InChI=1S/C13H20N2O4S/c1-18-11-6-7-13(19-2)12(10-11)14-20(16,17)15-8-4-3-5-9-15/h6-7,10,14H,3-5,8-9H2,1-2H3. The molecule has 1 aromatic rings. The number of ether oxygens (including phenoxy) is 2. The maximum absolute atomic E-state index is 12.3. The summed E-state index contributed by atoms with van der Waals surface area (Å²) in [5.74, 6) is 1.04. The molecule has 0 spiro atoms. The average molecular weight is 300 g/mol. The van der Waals surface area contributed by atoms with Gasteiger partial charge in [-0.25, -0.2) is 0 Å². The Bertz CT molecular complexity index is 553. The van der Waals surface area contributed by atoms with Crippen LogP contribution in [0.1, 0.15) is 19.3 Å². The van der Waals surface area contributed by atoms with Crippen molar-refractivity contribution < 1.29 is 17.9 Å². The number of benzene rings is 1. The van der Waals surface area contributed by atoms with E-state index in [4.69, 9.17) is 9.47 Å². The van der Waals surface area contributed by atoms with Gasteiger partial charge in [-0.15, -0.1) is 0 Å². The highest BCUT2D eigenvalue weighted by Crippen LogP contribution is 2.30. The number of methoxy groups -OCH3 is 2. The first-order valence-electron chi connectivity index (χ1n) is 6.57. The molecule has 1 aliphatic rings. The number of nitrogens with one attached hydrogen (secondary N) is 1. The predicted octanol–water partition coefficient (Wildman–Crippen LogP) is 1.85. The van der Waals surface area contributed by atoms with E-state index >= 15 is 0 Å². The van der Waals surface area contributed by atoms with Crippen molar-refractivity contribution in [2.24, 2.45) is 0 Å². The van der Waals surface area contributed by atoms with E-state index in [2.05, 4.69) is 4.72 Å². The zero-order chi connectivity index (χ0) is 14.6. The lowest BCUT2D eigenvalue weighted by Crippen LogP contribution is -2.39. The van der Waals surface area contributed by atoms with E-state index in [0.717, 1.165) is 19.3 Å². The van der Waals surface area contributed by atoms with Crippen LogP contribution in [0, 0.1) is 0 Å². The second-order valence-corrected chi connectivity index (χ2v) is 6.30. The zero-order valence-corrected chi connectivity index (χ0v) is 12.6. The molecular weight excluding hydrogens is 280 g/mol. The van der Waals surface area contributed by atoms with Crippen molar-refractivity contribution >= 4 is 15.9 Å². The molecule has 1 heterocycles. The minimum Gasteiger partial charge on any atom is -0.497 e. The highest BCUT2D eigenvalue weighted by Gasteiger charge is 2.24. The van der Waals surface area contributed by atoms with Gasteiger partial charge in [0.1, 0.15) is 11.5 Å². The van der Waals surface area contributed by atoms with Gasteiger partial charge in [-0.2, -0.15) is 12.7 Å². The van der Waals surface area contributed by atoms with Crippen molar-refractivity contribution in [2.75, 3.05) is 32.0 Å². The maximum atomic E-state index is 12.3. The lowest BCUT2D eigenvalue weighted by molar-refractivity contribution is 0.348. The molecule has 1 aromatic carbocycles. The molecule has 0 amide bonds. The van der Waals surface area contributed by atoms with Gasteiger partial charge in [0.2, 0.25) is 0 Å². The molecule has 2 rings (SSSR count). The van der Waals surface area contributed by atoms with Crippen molar-refractivity contribution in [2.45, 2.75) is 19.3 Å². The average Bonchev–Trinajstić information content (AvgIpc) is 2.47. The van der Waals surface area contributed by atoms with Crippen LogP contribution in [-0.2, 0) is 10.2 Å². The van der Waals surface area contributed by atoms with E-state index in [1.807, 2.05) is 0 Å². The summed E-state index contributed by atoms with van der Waals surface area (Å²) < 4.78 is 39.0. The van der Waals surface area contributed by atoms with Crippen molar-refractivity contribution in [3.63, 3.8) is 0 Å². The molecule has 1 N–H and O–H groups in total. The van der Waals surface area contributed by atoms with Gasteiger partial charge in [0.15, 0.2) is 0 Å². The Balaban J connectivity index is 2.23. The number of rotatable bonds is 5. The zero-order valence-electron chi connectivity index (χ0n) is 11.8. The fourth-order valence-electron chi connectivity index (χ4n) is 2.20. The minimum absolute atomic E-state index is 0.387. The summed E-state index contributed by atoms with van der Waals surface area (Å²) in [6, 6.07) is 5.00. The van der Waals surface area contributed by atoms with Crippen LogP contribution in [0.15, 0.2) is 18.2 Å². The summed E-state index contributed by atoms with van der Waals surface area (Å²) in [6.45, 7) is 1.11. The van der Waals surface area contributed by atoms with E-state index < -0.39 is 10.2 Å². The van der Waals surface area contributed by atoms with Crippen LogP contribution in [0.3, 0.4) is 0 Å². The molecule has 1 fully saturated rings. The van der Waals surface area contributed by atoms with E-state index in [0.29, 0.717) is 30.3 Å². The molecule has 0 radical (unpaired) electrons. The molecule has 0 saturated carbocycles. The summed E-state index contributed by atoms with van der Waals surface area (Å²) in [4.78, 5) is 0. The van der Waals surface area contributed by atoms with Gasteiger partial charge in [0, 0.05) is 19.2 Å². The molecular formula is C13H20N2O4S. The third-order valence-corrected chi connectivity index (χ3v) is 4.82. The monoisotopic (exact) mass is 300 g/mol. The fourth-order valence-corrected chi connectivity index (χ4v) is 3.51. The van der Waals surface area contributed by atoms with Crippen LogP contribution >= 0.6 is 0 Å². The number of nitrogens with zero attached hydrogens (tertiary/aromatic N) is 1. The lowest BCUT2D eigenvalue weighted by atomic mass is 10.2. The summed E-state index contributed by atoms with van der Waals surface area (Å²) in [6.07, 6.45) is 2.88. The topological polar surface area (TPSA) is 67.9 Å². The van der Waals surface area contributed by atoms with Crippen LogP contribution in [0.4, 0.5) is 5.69 Å². The highest BCUT2D eigenvalue weighted by molar-refractivity contribution is 7.90. The van der Waals surface area contributed by atoms with Crippen LogP contribution < -0.4 is 14.2 Å². The van der Waals surface area contributed by atoms with Crippen LogP contribution in [0.5, 0.6) is 11.5 Å². The third kappa shape index (κ3) is 3.34. The molecule has 7 heteroatoms. The van der Waals surface area contributed by atoms with E-state index in [1.54, 1.807) is 18.2 Å².